The molecule has 1 saturated heterocycles. The van der Waals surface area contributed by atoms with Gasteiger partial charge in [0.25, 0.3) is 11.6 Å². The van der Waals surface area contributed by atoms with Crippen molar-refractivity contribution in [3.63, 3.8) is 0 Å². The van der Waals surface area contributed by atoms with Crippen molar-refractivity contribution in [2.75, 3.05) is 18.5 Å². The number of para-hydroxylation sites is 2. The molecule has 11 heteroatoms. The summed E-state index contributed by atoms with van der Waals surface area (Å²) in [5.74, 6) is -0.670. The van der Waals surface area contributed by atoms with Gasteiger partial charge in [-0.1, -0.05) is 12.1 Å². The van der Waals surface area contributed by atoms with Gasteiger partial charge in [-0.15, -0.1) is 11.3 Å². The van der Waals surface area contributed by atoms with Gasteiger partial charge in [-0.3, -0.25) is 25.8 Å². The Morgan fingerprint density at radius 1 is 1.19 bits per heavy atom. The van der Waals surface area contributed by atoms with Crippen LogP contribution in [0.2, 0.25) is 0 Å². The lowest BCUT2D eigenvalue weighted by molar-refractivity contribution is -0.384. The molecule has 26 heavy (non-hydrogen) atoms. The molecule has 0 bridgehead atoms. The number of nitrogens with zero attached hydrogens (tertiary/aromatic N) is 2. The SMILES string of the molecule is O=C(NNc1ccccc1[N+](=O)[O-])c1sccc1S(=O)(=O)N1CCCC1. The van der Waals surface area contributed by atoms with Gasteiger partial charge in [0.05, 0.1) is 4.92 Å². The summed E-state index contributed by atoms with van der Waals surface area (Å²) >= 11 is 0.997. The highest BCUT2D eigenvalue weighted by Crippen LogP contribution is 2.28. The van der Waals surface area contributed by atoms with Crippen molar-refractivity contribution < 1.29 is 18.1 Å². The number of hydrazine groups is 1. The number of nitrogens with one attached hydrogen (secondary N) is 2. The lowest BCUT2D eigenvalue weighted by Crippen LogP contribution is -2.32. The summed E-state index contributed by atoms with van der Waals surface area (Å²) in [5, 5.41) is 12.5. The molecule has 0 atom stereocenters. The number of amides is 1. The second-order valence-corrected chi connectivity index (χ2v) is 8.40. The summed E-state index contributed by atoms with van der Waals surface area (Å²) in [5.41, 5.74) is 4.72. The maximum Gasteiger partial charge on any atom is 0.294 e. The predicted molar refractivity (Wildman–Crippen MR) is 96.5 cm³/mol. The topological polar surface area (TPSA) is 122 Å². The second kappa shape index (κ2) is 7.40. The Bertz CT molecular complexity index is 935. The van der Waals surface area contributed by atoms with Crippen LogP contribution >= 0.6 is 11.3 Å². The van der Waals surface area contributed by atoms with E-state index >= 15 is 0 Å². The summed E-state index contributed by atoms with van der Waals surface area (Å²) in [6.07, 6.45) is 1.59. The molecule has 138 valence electrons. The second-order valence-electron chi connectivity index (χ2n) is 5.58. The number of nitro groups is 1. The van der Waals surface area contributed by atoms with E-state index in [9.17, 15) is 23.3 Å². The number of hydrogen-bond acceptors (Lipinski definition) is 7. The average molecular weight is 396 g/mol. The standard InChI is InChI=1S/C15H16N4O5S2/c20-15(17-16-11-5-1-2-6-12(11)19(21)22)14-13(7-10-25-14)26(23,24)18-8-3-4-9-18/h1-2,5-7,10,16H,3-4,8-9H2,(H,17,20). The molecular formula is C15H16N4O5S2. The number of anilines is 1. The van der Waals surface area contributed by atoms with Gasteiger partial charge in [0.15, 0.2) is 0 Å². The summed E-state index contributed by atoms with van der Waals surface area (Å²) in [4.78, 5) is 22.8. The molecule has 1 aliphatic rings. The lowest BCUT2D eigenvalue weighted by Gasteiger charge is -2.15. The highest BCUT2D eigenvalue weighted by molar-refractivity contribution is 7.89. The number of rotatable bonds is 6. The largest absolute Gasteiger partial charge is 0.294 e. The minimum Gasteiger partial charge on any atom is -0.292 e. The summed E-state index contributed by atoms with van der Waals surface area (Å²) in [6.45, 7) is 0.876. The number of hydrogen-bond donors (Lipinski definition) is 2. The minimum absolute atomic E-state index is 0.0305. The molecule has 3 rings (SSSR count). The molecule has 0 spiro atoms. The van der Waals surface area contributed by atoms with E-state index in [0.29, 0.717) is 13.1 Å². The molecule has 1 aromatic heterocycles. The lowest BCUT2D eigenvalue weighted by atomic mass is 10.3. The van der Waals surface area contributed by atoms with Gasteiger partial charge in [0.2, 0.25) is 10.0 Å². The Labute approximate surface area is 153 Å². The molecule has 9 nitrogen and oxygen atoms in total. The highest BCUT2D eigenvalue weighted by Gasteiger charge is 2.31. The van der Waals surface area contributed by atoms with Crippen LogP contribution in [0.1, 0.15) is 22.5 Å². The van der Waals surface area contributed by atoms with E-state index < -0.39 is 20.9 Å². The number of carbonyl (C=O) groups is 1. The maximum absolute atomic E-state index is 12.7. The van der Waals surface area contributed by atoms with Crippen LogP contribution in [0.15, 0.2) is 40.6 Å². The molecule has 0 aliphatic carbocycles. The van der Waals surface area contributed by atoms with Crippen LogP contribution in [0.3, 0.4) is 0 Å². The van der Waals surface area contributed by atoms with Crippen LogP contribution in [0, 0.1) is 10.1 Å². The van der Waals surface area contributed by atoms with Crippen molar-refractivity contribution in [2.45, 2.75) is 17.7 Å². The number of carbonyl (C=O) groups excluding carboxylic acids is 1. The van der Waals surface area contributed by atoms with E-state index in [1.54, 1.807) is 6.07 Å². The first-order chi connectivity index (χ1) is 12.4. The molecule has 0 unspecified atom stereocenters. The van der Waals surface area contributed by atoms with E-state index in [-0.39, 0.29) is 21.1 Å². The smallest absolute Gasteiger partial charge is 0.292 e. The zero-order valence-electron chi connectivity index (χ0n) is 13.5. The van der Waals surface area contributed by atoms with Gasteiger partial charge >= 0.3 is 0 Å². The molecule has 1 aliphatic heterocycles. The van der Waals surface area contributed by atoms with Crippen molar-refractivity contribution in [2.24, 2.45) is 0 Å². The zero-order chi connectivity index (χ0) is 18.7. The molecule has 2 aromatic rings. The van der Waals surface area contributed by atoms with Crippen LogP contribution in [0.25, 0.3) is 0 Å². The highest BCUT2D eigenvalue weighted by atomic mass is 32.2. The van der Waals surface area contributed by atoms with Crippen LogP contribution < -0.4 is 10.9 Å². The Morgan fingerprint density at radius 2 is 1.88 bits per heavy atom. The van der Waals surface area contributed by atoms with E-state index in [2.05, 4.69) is 10.9 Å². The van der Waals surface area contributed by atoms with Crippen LogP contribution in [0.4, 0.5) is 11.4 Å². The van der Waals surface area contributed by atoms with E-state index in [0.717, 1.165) is 24.2 Å². The third kappa shape index (κ3) is 3.54. The molecule has 1 amide bonds. The molecule has 0 saturated carbocycles. The van der Waals surface area contributed by atoms with Gasteiger partial charge in [-0.25, -0.2) is 8.42 Å². The molecule has 1 fully saturated rings. The number of nitro benzene ring substituents is 1. The van der Waals surface area contributed by atoms with Crippen LogP contribution in [-0.4, -0.2) is 36.6 Å². The number of thiophene rings is 1. The first-order valence-corrected chi connectivity index (χ1v) is 10.1. The van der Waals surface area contributed by atoms with Crippen molar-refractivity contribution in [3.8, 4) is 0 Å². The Kier molecular flexibility index (Phi) is 5.20. The Hall–Kier alpha value is -2.50. The fraction of sp³-hybridized carbons (Fsp3) is 0.267. The first kappa shape index (κ1) is 18.3. The fourth-order valence-electron chi connectivity index (χ4n) is 2.65. The summed E-state index contributed by atoms with van der Waals surface area (Å²) in [6, 6.07) is 7.22. The molecule has 2 N–H and O–H groups in total. The average Bonchev–Trinajstić information content (AvgIpc) is 3.31. The van der Waals surface area contributed by atoms with Crippen LogP contribution in [-0.2, 0) is 10.0 Å². The van der Waals surface area contributed by atoms with Crippen molar-refractivity contribution in [1.29, 1.82) is 0 Å². The summed E-state index contributed by atoms with van der Waals surface area (Å²) < 4.78 is 26.7. The minimum atomic E-state index is -3.73. The Morgan fingerprint density at radius 3 is 2.58 bits per heavy atom. The third-order valence-corrected chi connectivity index (χ3v) is 6.91. The molecule has 2 heterocycles. The number of benzene rings is 1. The monoisotopic (exact) mass is 396 g/mol. The zero-order valence-corrected chi connectivity index (χ0v) is 15.2. The van der Waals surface area contributed by atoms with Gasteiger partial charge in [0, 0.05) is 19.2 Å². The van der Waals surface area contributed by atoms with Gasteiger partial charge in [0.1, 0.15) is 15.5 Å². The van der Waals surface area contributed by atoms with E-state index in [1.165, 1.54) is 34.0 Å². The molecule has 1 aromatic carbocycles. The molecule has 0 radical (unpaired) electrons. The van der Waals surface area contributed by atoms with Crippen molar-refractivity contribution in [1.82, 2.24) is 9.73 Å². The predicted octanol–water partition coefficient (Wildman–Crippen LogP) is 2.20. The quantitative estimate of drug-likeness (QED) is 0.570. The van der Waals surface area contributed by atoms with Crippen LogP contribution in [0.5, 0.6) is 0 Å². The van der Waals surface area contributed by atoms with E-state index in [1.807, 2.05) is 0 Å². The van der Waals surface area contributed by atoms with Gasteiger partial charge in [-0.2, -0.15) is 4.31 Å². The van der Waals surface area contributed by atoms with Gasteiger partial charge < -0.3 is 0 Å². The third-order valence-electron chi connectivity index (χ3n) is 3.93. The Balaban J connectivity index is 1.78. The first-order valence-electron chi connectivity index (χ1n) is 7.78. The van der Waals surface area contributed by atoms with Crippen molar-refractivity contribution in [3.05, 3.63) is 50.7 Å². The number of sulfonamides is 1. The molecular weight excluding hydrogens is 380 g/mol. The maximum atomic E-state index is 12.7. The van der Waals surface area contributed by atoms with E-state index in [4.69, 9.17) is 0 Å². The normalized spacial score (nSPS) is 14.9. The fourth-order valence-corrected chi connectivity index (χ4v) is 5.47. The van der Waals surface area contributed by atoms with Gasteiger partial charge in [-0.05, 0) is 30.4 Å². The van der Waals surface area contributed by atoms with Crippen molar-refractivity contribution >= 4 is 38.6 Å². The summed E-state index contributed by atoms with van der Waals surface area (Å²) in [7, 11) is -3.73.